The van der Waals surface area contributed by atoms with Crippen LogP contribution in [0.2, 0.25) is 0 Å². The molecule has 1 saturated heterocycles. The molecule has 1 aromatic heterocycles. The number of carbonyl (C=O) groups excluding carboxylic acids is 1. The molecular formula is C12H16N4O2. The van der Waals surface area contributed by atoms with Crippen LogP contribution in [-0.2, 0) is 6.42 Å². The fraction of sp³-hybridized carbons (Fsp3) is 0.500. The van der Waals surface area contributed by atoms with Crippen molar-refractivity contribution in [3.63, 3.8) is 0 Å². The number of amides is 2. The molecule has 18 heavy (non-hydrogen) atoms. The van der Waals surface area contributed by atoms with Crippen LogP contribution in [0.5, 0.6) is 0 Å². The van der Waals surface area contributed by atoms with Gasteiger partial charge >= 0.3 is 6.03 Å². The van der Waals surface area contributed by atoms with Crippen molar-refractivity contribution in [3.8, 4) is 0 Å². The van der Waals surface area contributed by atoms with E-state index in [9.17, 15) is 4.79 Å². The summed E-state index contributed by atoms with van der Waals surface area (Å²) >= 11 is 0. The number of aliphatic hydroxyl groups excluding tert-OH is 1. The molecule has 1 fully saturated rings. The normalized spacial score (nSPS) is 22.7. The van der Waals surface area contributed by atoms with Crippen LogP contribution in [0.1, 0.15) is 5.69 Å². The van der Waals surface area contributed by atoms with E-state index in [0.29, 0.717) is 13.0 Å². The Labute approximate surface area is 105 Å². The van der Waals surface area contributed by atoms with E-state index >= 15 is 0 Å². The van der Waals surface area contributed by atoms with Crippen molar-refractivity contribution in [1.29, 1.82) is 0 Å². The van der Waals surface area contributed by atoms with Gasteiger partial charge in [0.1, 0.15) is 0 Å². The largest absolute Gasteiger partial charge is 0.396 e. The van der Waals surface area contributed by atoms with Crippen molar-refractivity contribution in [2.75, 3.05) is 26.7 Å². The predicted molar refractivity (Wildman–Crippen MR) is 65.8 cm³/mol. The van der Waals surface area contributed by atoms with Gasteiger partial charge < -0.3 is 14.9 Å². The van der Waals surface area contributed by atoms with Crippen molar-refractivity contribution in [1.82, 2.24) is 19.6 Å². The van der Waals surface area contributed by atoms with E-state index in [1.807, 2.05) is 24.2 Å². The topological polar surface area (TPSA) is 61.6 Å². The van der Waals surface area contributed by atoms with Crippen LogP contribution in [0.25, 0.3) is 5.70 Å². The van der Waals surface area contributed by atoms with Gasteiger partial charge in [0.25, 0.3) is 0 Å². The SMILES string of the molecule is CN1C(=O)N2CC(n3ccc(CCO)n3)=CC1C2. The lowest BCUT2D eigenvalue weighted by atomic mass is 10.2. The van der Waals surface area contributed by atoms with Crippen molar-refractivity contribution < 1.29 is 9.90 Å². The second-order valence-corrected chi connectivity index (χ2v) is 4.72. The lowest BCUT2D eigenvalue weighted by Crippen LogP contribution is -2.31. The average molecular weight is 248 g/mol. The van der Waals surface area contributed by atoms with E-state index in [1.54, 1.807) is 9.58 Å². The van der Waals surface area contributed by atoms with Gasteiger partial charge in [-0.1, -0.05) is 0 Å². The van der Waals surface area contributed by atoms with E-state index in [1.165, 1.54) is 0 Å². The third kappa shape index (κ3) is 1.69. The van der Waals surface area contributed by atoms with Gasteiger partial charge in [-0.3, -0.25) is 0 Å². The van der Waals surface area contributed by atoms with E-state index in [-0.39, 0.29) is 18.7 Å². The number of rotatable bonds is 3. The number of aliphatic hydroxyl groups is 1. The van der Waals surface area contributed by atoms with Crippen molar-refractivity contribution in [3.05, 3.63) is 24.0 Å². The quantitative estimate of drug-likeness (QED) is 0.819. The second-order valence-electron chi connectivity index (χ2n) is 4.72. The molecule has 6 nitrogen and oxygen atoms in total. The third-order valence-corrected chi connectivity index (χ3v) is 3.52. The summed E-state index contributed by atoms with van der Waals surface area (Å²) in [6.45, 7) is 1.47. The maximum Gasteiger partial charge on any atom is 0.320 e. The third-order valence-electron chi connectivity index (χ3n) is 3.52. The van der Waals surface area contributed by atoms with E-state index in [4.69, 9.17) is 5.11 Å². The number of nitrogens with zero attached hydrogens (tertiary/aromatic N) is 4. The zero-order chi connectivity index (χ0) is 12.7. The molecular weight excluding hydrogens is 232 g/mol. The highest BCUT2D eigenvalue weighted by molar-refractivity contribution is 5.80. The lowest BCUT2D eigenvalue weighted by Gasteiger charge is -2.21. The van der Waals surface area contributed by atoms with Crippen LogP contribution in [0.4, 0.5) is 4.79 Å². The molecule has 1 atom stereocenters. The summed E-state index contributed by atoms with van der Waals surface area (Å²) in [5, 5.41) is 13.3. The Balaban J connectivity index is 1.85. The van der Waals surface area contributed by atoms with Gasteiger partial charge in [-0.15, -0.1) is 0 Å². The first-order valence-corrected chi connectivity index (χ1v) is 6.07. The highest BCUT2D eigenvalue weighted by atomic mass is 16.3. The van der Waals surface area contributed by atoms with Gasteiger partial charge in [0.2, 0.25) is 0 Å². The van der Waals surface area contributed by atoms with Gasteiger partial charge in [0.05, 0.1) is 24.0 Å². The number of fused-ring (bicyclic) bond motifs is 2. The number of carbonyl (C=O) groups is 1. The van der Waals surface area contributed by atoms with Crippen molar-refractivity contribution in [2.24, 2.45) is 0 Å². The molecule has 0 spiro atoms. The Morgan fingerprint density at radius 2 is 2.39 bits per heavy atom. The molecule has 1 aromatic rings. The van der Waals surface area contributed by atoms with Crippen LogP contribution in [0.15, 0.2) is 18.3 Å². The molecule has 0 saturated carbocycles. The van der Waals surface area contributed by atoms with Crippen LogP contribution in [-0.4, -0.2) is 63.5 Å². The zero-order valence-electron chi connectivity index (χ0n) is 10.3. The molecule has 6 heteroatoms. The van der Waals surface area contributed by atoms with Crippen molar-refractivity contribution >= 4 is 11.7 Å². The highest BCUT2D eigenvalue weighted by Gasteiger charge is 2.37. The fourth-order valence-corrected chi connectivity index (χ4v) is 2.48. The summed E-state index contributed by atoms with van der Waals surface area (Å²) in [6.07, 6.45) is 4.54. The van der Waals surface area contributed by atoms with E-state index in [0.717, 1.165) is 17.9 Å². The lowest BCUT2D eigenvalue weighted by molar-refractivity contribution is 0.201. The summed E-state index contributed by atoms with van der Waals surface area (Å²) < 4.78 is 1.80. The Morgan fingerprint density at radius 1 is 1.56 bits per heavy atom. The average Bonchev–Trinajstić information content (AvgIpc) is 2.91. The Bertz CT molecular complexity index is 508. The molecule has 1 N–H and O–H groups in total. The minimum Gasteiger partial charge on any atom is -0.396 e. The minimum atomic E-state index is 0.0778. The molecule has 0 aliphatic carbocycles. The fourth-order valence-electron chi connectivity index (χ4n) is 2.48. The van der Waals surface area contributed by atoms with Crippen LogP contribution in [0, 0.1) is 0 Å². The van der Waals surface area contributed by atoms with E-state index in [2.05, 4.69) is 11.2 Å². The van der Waals surface area contributed by atoms with Crippen LogP contribution in [0.3, 0.4) is 0 Å². The standard InChI is InChI=1S/C12H16N4O2/c1-14-10-6-11(8-15(7-10)12(14)18)16-4-2-9(13-16)3-5-17/h2,4,6,10,17H,3,5,7-8H2,1H3. The molecule has 0 aromatic carbocycles. The summed E-state index contributed by atoms with van der Waals surface area (Å²) in [7, 11) is 1.83. The number of urea groups is 1. The Hall–Kier alpha value is -1.82. The number of likely N-dealkylation sites (N-methyl/N-ethyl adjacent to an activating group) is 1. The Morgan fingerprint density at radius 3 is 3.11 bits per heavy atom. The number of hydrogen-bond acceptors (Lipinski definition) is 3. The summed E-state index contributed by atoms with van der Waals surface area (Å²) in [5.41, 5.74) is 1.89. The first kappa shape index (κ1) is 11.3. The van der Waals surface area contributed by atoms with Gasteiger partial charge in [0, 0.05) is 32.8 Å². The smallest absolute Gasteiger partial charge is 0.320 e. The number of hydrogen-bond donors (Lipinski definition) is 1. The van der Waals surface area contributed by atoms with Gasteiger partial charge in [-0.25, -0.2) is 9.48 Å². The Kier molecular flexibility index (Phi) is 2.59. The van der Waals surface area contributed by atoms with Gasteiger partial charge in [0.15, 0.2) is 0 Å². The zero-order valence-corrected chi connectivity index (χ0v) is 10.3. The molecule has 2 bridgehead atoms. The van der Waals surface area contributed by atoms with Crippen LogP contribution >= 0.6 is 0 Å². The summed E-state index contributed by atoms with van der Waals surface area (Å²) in [6, 6.07) is 2.12. The van der Waals surface area contributed by atoms with Gasteiger partial charge in [-0.2, -0.15) is 5.10 Å². The van der Waals surface area contributed by atoms with Gasteiger partial charge in [-0.05, 0) is 12.1 Å². The molecule has 2 aliphatic rings. The maximum atomic E-state index is 11.8. The predicted octanol–water partition coefficient (Wildman–Crippen LogP) is 0.00840. The molecule has 96 valence electrons. The molecule has 3 heterocycles. The minimum absolute atomic E-state index is 0.0778. The monoisotopic (exact) mass is 248 g/mol. The second kappa shape index (κ2) is 4.13. The molecule has 3 rings (SSSR count). The van der Waals surface area contributed by atoms with E-state index < -0.39 is 0 Å². The summed E-state index contributed by atoms with van der Waals surface area (Å²) in [4.78, 5) is 15.4. The number of aromatic nitrogens is 2. The molecule has 2 aliphatic heterocycles. The first-order valence-electron chi connectivity index (χ1n) is 6.07. The van der Waals surface area contributed by atoms with Crippen molar-refractivity contribution in [2.45, 2.75) is 12.5 Å². The maximum absolute atomic E-state index is 11.8. The van der Waals surface area contributed by atoms with Crippen LogP contribution < -0.4 is 0 Å². The highest BCUT2D eigenvalue weighted by Crippen LogP contribution is 2.24. The first-order chi connectivity index (χ1) is 8.69. The molecule has 2 amide bonds. The summed E-state index contributed by atoms with van der Waals surface area (Å²) in [5.74, 6) is 0. The molecule has 0 radical (unpaired) electrons. The molecule has 1 unspecified atom stereocenters.